The Balaban J connectivity index is 1.33. The third kappa shape index (κ3) is 5.08. The van der Waals surface area contributed by atoms with Crippen molar-refractivity contribution < 1.29 is 4.74 Å². The van der Waals surface area contributed by atoms with Gasteiger partial charge in [0.15, 0.2) is 0 Å². The van der Waals surface area contributed by atoms with Crippen molar-refractivity contribution >= 4 is 5.82 Å². The van der Waals surface area contributed by atoms with Gasteiger partial charge >= 0.3 is 6.01 Å². The molecule has 2 heterocycles. The van der Waals surface area contributed by atoms with Crippen LogP contribution in [0.5, 0.6) is 11.8 Å². The van der Waals surface area contributed by atoms with Crippen LogP contribution in [0.1, 0.15) is 24.1 Å². The Kier molecular flexibility index (Phi) is 5.83. The molecule has 2 aromatic carbocycles. The number of nitrogens with one attached hydrogen (secondary N) is 1. The van der Waals surface area contributed by atoms with E-state index in [-0.39, 0.29) is 0 Å². The second kappa shape index (κ2) is 8.85. The van der Waals surface area contributed by atoms with Gasteiger partial charge in [-0.15, -0.1) is 0 Å². The van der Waals surface area contributed by atoms with Gasteiger partial charge in [-0.2, -0.15) is 4.98 Å². The number of hydrogen-bond donors (Lipinski definition) is 1. The SMILES string of the molecule is Cc1cc(NC2CCN(Cc3ccccc3)CC2)nc(Oc2ccccc2)n1. The van der Waals surface area contributed by atoms with E-state index in [1.807, 2.05) is 43.3 Å². The molecule has 0 aliphatic carbocycles. The predicted molar refractivity (Wildman–Crippen MR) is 112 cm³/mol. The number of piperidine rings is 1. The molecule has 1 fully saturated rings. The lowest BCUT2D eigenvalue weighted by Crippen LogP contribution is -2.38. The number of hydrogen-bond acceptors (Lipinski definition) is 5. The standard InChI is InChI=1S/C23H26N4O/c1-18-16-22(26-23(24-18)28-21-10-6-3-7-11-21)25-20-12-14-27(15-13-20)17-19-8-4-2-5-9-19/h2-11,16,20H,12-15,17H2,1H3,(H,24,25,26). The lowest BCUT2D eigenvalue weighted by Gasteiger charge is -2.32. The summed E-state index contributed by atoms with van der Waals surface area (Å²) in [6.07, 6.45) is 2.20. The van der Waals surface area contributed by atoms with E-state index in [0.717, 1.165) is 49.7 Å². The van der Waals surface area contributed by atoms with Gasteiger partial charge in [0.05, 0.1) is 0 Å². The van der Waals surface area contributed by atoms with E-state index in [2.05, 4.69) is 50.5 Å². The largest absolute Gasteiger partial charge is 0.424 e. The van der Waals surface area contributed by atoms with E-state index in [0.29, 0.717) is 12.1 Å². The first-order valence-corrected chi connectivity index (χ1v) is 9.86. The molecule has 5 nitrogen and oxygen atoms in total. The van der Waals surface area contributed by atoms with Crippen LogP contribution in [0.25, 0.3) is 0 Å². The Labute approximate surface area is 166 Å². The van der Waals surface area contributed by atoms with Crippen LogP contribution < -0.4 is 10.1 Å². The van der Waals surface area contributed by atoms with Crippen LogP contribution in [0, 0.1) is 6.92 Å². The van der Waals surface area contributed by atoms with Crippen LogP contribution in [0.15, 0.2) is 66.7 Å². The Morgan fingerprint density at radius 1 is 0.964 bits per heavy atom. The number of benzene rings is 2. The molecule has 0 spiro atoms. The van der Waals surface area contributed by atoms with E-state index >= 15 is 0 Å². The molecule has 5 heteroatoms. The average molecular weight is 374 g/mol. The van der Waals surface area contributed by atoms with Crippen LogP contribution in [0.2, 0.25) is 0 Å². The van der Waals surface area contributed by atoms with Gasteiger partial charge in [0, 0.05) is 37.4 Å². The molecule has 1 aliphatic heterocycles. The van der Waals surface area contributed by atoms with Gasteiger partial charge in [0.1, 0.15) is 11.6 Å². The fourth-order valence-corrected chi connectivity index (χ4v) is 3.54. The normalized spacial score (nSPS) is 15.3. The average Bonchev–Trinajstić information content (AvgIpc) is 2.71. The molecule has 0 bridgehead atoms. The van der Waals surface area contributed by atoms with Gasteiger partial charge < -0.3 is 10.1 Å². The molecule has 1 saturated heterocycles. The number of aromatic nitrogens is 2. The zero-order valence-electron chi connectivity index (χ0n) is 16.2. The second-order valence-electron chi connectivity index (χ2n) is 7.27. The van der Waals surface area contributed by atoms with Gasteiger partial charge in [0.25, 0.3) is 0 Å². The van der Waals surface area contributed by atoms with Gasteiger partial charge in [-0.05, 0) is 37.5 Å². The smallest absolute Gasteiger partial charge is 0.324 e. The van der Waals surface area contributed by atoms with E-state index in [1.165, 1.54) is 5.56 Å². The molecule has 144 valence electrons. The summed E-state index contributed by atoms with van der Waals surface area (Å²) in [6, 6.07) is 23.1. The maximum atomic E-state index is 5.80. The molecule has 28 heavy (non-hydrogen) atoms. The predicted octanol–water partition coefficient (Wildman–Crippen LogP) is 4.65. The highest BCUT2D eigenvalue weighted by Gasteiger charge is 2.20. The minimum atomic E-state index is 0.384. The zero-order chi connectivity index (χ0) is 19.2. The van der Waals surface area contributed by atoms with Crippen molar-refractivity contribution in [1.82, 2.24) is 14.9 Å². The molecule has 0 amide bonds. The summed E-state index contributed by atoms with van der Waals surface area (Å²) < 4.78 is 5.80. The quantitative estimate of drug-likeness (QED) is 0.680. The Hall–Kier alpha value is -2.92. The Bertz CT molecular complexity index is 878. The van der Waals surface area contributed by atoms with Gasteiger partial charge in [-0.1, -0.05) is 48.5 Å². The third-order valence-electron chi connectivity index (χ3n) is 4.97. The summed E-state index contributed by atoms with van der Waals surface area (Å²) in [5, 5.41) is 3.57. The summed E-state index contributed by atoms with van der Waals surface area (Å²) in [4.78, 5) is 11.5. The van der Waals surface area contributed by atoms with E-state index in [4.69, 9.17) is 4.74 Å². The maximum Gasteiger partial charge on any atom is 0.324 e. The molecule has 0 saturated carbocycles. The lowest BCUT2D eigenvalue weighted by atomic mass is 10.0. The molecule has 4 rings (SSSR count). The van der Waals surface area contributed by atoms with E-state index < -0.39 is 0 Å². The van der Waals surface area contributed by atoms with Crippen molar-refractivity contribution in [3.8, 4) is 11.8 Å². The van der Waals surface area contributed by atoms with Crippen molar-refractivity contribution in [2.75, 3.05) is 18.4 Å². The minimum absolute atomic E-state index is 0.384. The van der Waals surface area contributed by atoms with Crippen LogP contribution >= 0.6 is 0 Å². The van der Waals surface area contributed by atoms with Crippen LogP contribution in [-0.2, 0) is 6.54 Å². The first kappa shape index (κ1) is 18.4. The third-order valence-corrected chi connectivity index (χ3v) is 4.97. The van der Waals surface area contributed by atoms with Crippen molar-refractivity contribution in [3.05, 3.63) is 78.0 Å². The summed E-state index contributed by atoms with van der Waals surface area (Å²) in [5.74, 6) is 1.58. The monoisotopic (exact) mass is 374 g/mol. The highest BCUT2D eigenvalue weighted by molar-refractivity contribution is 5.39. The summed E-state index contributed by atoms with van der Waals surface area (Å²) in [6.45, 7) is 5.16. The van der Waals surface area contributed by atoms with Crippen LogP contribution in [-0.4, -0.2) is 34.0 Å². The first-order chi connectivity index (χ1) is 13.7. The highest BCUT2D eigenvalue weighted by Crippen LogP contribution is 2.22. The molecule has 0 radical (unpaired) electrons. The van der Waals surface area contributed by atoms with Gasteiger partial charge in [-0.3, -0.25) is 4.90 Å². The highest BCUT2D eigenvalue weighted by atomic mass is 16.5. The number of anilines is 1. The summed E-state index contributed by atoms with van der Waals surface area (Å²) in [7, 11) is 0. The topological polar surface area (TPSA) is 50.3 Å². The molecular weight excluding hydrogens is 348 g/mol. The summed E-state index contributed by atoms with van der Waals surface area (Å²) in [5.41, 5.74) is 2.27. The van der Waals surface area contributed by atoms with Gasteiger partial charge in [-0.25, -0.2) is 4.98 Å². The number of aryl methyl sites for hydroxylation is 1. The Morgan fingerprint density at radius 3 is 2.36 bits per heavy atom. The van der Waals surface area contributed by atoms with Crippen molar-refractivity contribution in [3.63, 3.8) is 0 Å². The van der Waals surface area contributed by atoms with Crippen LogP contribution in [0.3, 0.4) is 0 Å². The number of nitrogens with zero attached hydrogens (tertiary/aromatic N) is 3. The Morgan fingerprint density at radius 2 is 1.64 bits per heavy atom. The number of rotatable bonds is 6. The van der Waals surface area contributed by atoms with E-state index in [9.17, 15) is 0 Å². The molecule has 1 N–H and O–H groups in total. The number of likely N-dealkylation sites (tertiary alicyclic amines) is 1. The zero-order valence-corrected chi connectivity index (χ0v) is 16.2. The fourth-order valence-electron chi connectivity index (χ4n) is 3.54. The molecule has 3 aromatic rings. The van der Waals surface area contributed by atoms with Crippen molar-refractivity contribution in [2.45, 2.75) is 32.4 Å². The molecule has 0 unspecified atom stereocenters. The number of para-hydroxylation sites is 1. The fraction of sp³-hybridized carbons (Fsp3) is 0.304. The lowest BCUT2D eigenvalue weighted by molar-refractivity contribution is 0.211. The molecule has 0 atom stereocenters. The van der Waals surface area contributed by atoms with Crippen molar-refractivity contribution in [1.29, 1.82) is 0 Å². The minimum Gasteiger partial charge on any atom is -0.424 e. The van der Waals surface area contributed by atoms with Crippen LogP contribution in [0.4, 0.5) is 5.82 Å². The molecule has 1 aliphatic rings. The van der Waals surface area contributed by atoms with Crippen molar-refractivity contribution in [2.24, 2.45) is 0 Å². The summed E-state index contributed by atoms with van der Waals surface area (Å²) >= 11 is 0. The van der Waals surface area contributed by atoms with E-state index in [1.54, 1.807) is 0 Å². The first-order valence-electron chi connectivity index (χ1n) is 9.86. The molecule has 1 aromatic heterocycles. The number of ether oxygens (including phenoxy) is 1. The van der Waals surface area contributed by atoms with Gasteiger partial charge in [0.2, 0.25) is 0 Å². The second-order valence-corrected chi connectivity index (χ2v) is 7.27. The molecular formula is C23H26N4O. The maximum absolute atomic E-state index is 5.80.